The zero-order valence-electron chi connectivity index (χ0n) is 13.9. The molecule has 0 aliphatic heterocycles. The molecule has 0 bridgehead atoms. The number of nitrogens with two attached hydrogens (primary N) is 1. The Balaban J connectivity index is 1.86. The lowest BCUT2D eigenvalue weighted by molar-refractivity contribution is -0.138. The second-order valence-corrected chi connectivity index (χ2v) is 5.80. The molecule has 5 nitrogen and oxygen atoms in total. The first-order chi connectivity index (χ1) is 11.6. The van der Waals surface area contributed by atoms with Gasteiger partial charge in [0, 0.05) is 12.1 Å². The van der Waals surface area contributed by atoms with Crippen LogP contribution in [-0.2, 0) is 17.9 Å². The van der Waals surface area contributed by atoms with E-state index >= 15 is 0 Å². The van der Waals surface area contributed by atoms with Gasteiger partial charge in [-0.3, -0.25) is 4.79 Å². The number of aliphatic carboxylic acids is 1. The SMILES string of the molecule is Cc1cccc(COc2ccccc2CNCC[C@H](N)C(=O)O)c1. The third-order valence-electron chi connectivity index (χ3n) is 3.71. The van der Waals surface area contributed by atoms with E-state index in [4.69, 9.17) is 15.6 Å². The Morgan fingerprint density at radius 2 is 2.04 bits per heavy atom. The van der Waals surface area contributed by atoms with Gasteiger partial charge < -0.3 is 20.9 Å². The molecule has 0 radical (unpaired) electrons. The number of hydrogen-bond donors (Lipinski definition) is 3. The maximum atomic E-state index is 10.7. The number of ether oxygens (including phenoxy) is 1. The maximum Gasteiger partial charge on any atom is 0.320 e. The molecular formula is C19H24N2O3. The summed E-state index contributed by atoms with van der Waals surface area (Å²) in [5.74, 6) is -0.146. The Morgan fingerprint density at radius 1 is 1.25 bits per heavy atom. The van der Waals surface area contributed by atoms with Gasteiger partial charge in [0.1, 0.15) is 18.4 Å². The lowest BCUT2D eigenvalue weighted by Crippen LogP contribution is -2.33. The van der Waals surface area contributed by atoms with E-state index in [-0.39, 0.29) is 0 Å². The van der Waals surface area contributed by atoms with E-state index in [0.717, 1.165) is 16.9 Å². The molecule has 0 saturated heterocycles. The van der Waals surface area contributed by atoms with E-state index in [1.807, 2.05) is 36.4 Å². The number of aryl methyl sites for hydroxylation is 1. The molecule has 0 spiro atoms. The van der Waals surface area contributed by atoms with Gasteiger partial charge in [-0.25, -0.2) is 0 Å². The highest BCUT2D eigenvalue weighted by atomic mass is 16.5. The fraction of sp³-hybridized carbons (Fsp3) is 0.316. The van der Waals surface area contributed by atoms with Gasteiger partial charge in [0.25, 0.3) is 0 Å². The van der Waals surface area contributed by atoms with E-state index in [1.54, 1.807) is 0 Å². The van der Waals surface area contributed by atoms with Crippen molar-refractivity contribution in [2.24, 2.45) is 5.73 Å². The molecule has 2 aromatic carbocycles. The first kappa shape index (κ1) is 18.0. The molecule has 2 rings (SSSR count). The standard InChI is InChI=1S/C19H24N2O3/c1-14-5-4-6-15(11-14)13-24-18-8-3-2-7-16(18)12-21-10-9-17(20)19(22)23/h2-8,11,17,21H,9-10,12-13,20H2,1H3,(H,22,23)/t17-/m0/s1. The first-order valence-electron chi connectivity index (χ1n) is 8.01. The monoisotopic (exact) mass is 328 g/mol. The Kier molecular flexibility index (Phi) is 6.78. The van der Waals surface area contributed by atoms with Crippen molar-refractivity contribution in [2.45, 2.75) is 32.5 Å². The minimum absolute atomic E-state index is 0.391. The minimum atomic E-state index is -0.973. The van der Waals surface area contributed by atoms with Gasteiger partial charge in [-0.15, -0.1) is 0 Å². The molecular weight excluding hydrogens is 304 g/mol. The molecule has 0 fully saturated rings. The van der Waals surface area contributed by atoms with E-state index in [1.165, 1.54) is 5.56 Å². The smallest absolute Gasteiger partial charge is 0.320 e. The van der Waals surface area contributed by atoms with Crippen LogP contribution < -0.4 is 15.8 Å². The zero-order valence-corrected chi connectivity index (χ0v) is 13.9. The van der Waals surface area contributed by atoms with Crippen molar-refractivity contribution in [1.29, 1.82) is 0 Å². The molecule has 0 aromatic heterocycles. The van der Waals surface area contributed by atoms with Crippen LogP contribution in [0.4, 0.5) is 0 Å². The highest BCUT2D eigenvalue weighted by molar-refractivity contribution is 5.72. The second kappa shape index (κ2) is 9.05. The molecule has 2 aromatic rings. The fourth-order valence-electron chi connectivity index (χ4n) is 2.36. The number of hydrogen-bond acceptors (Lipinski definition) is 4. The normalized spacial score (nSPS) is 11.9. The van der Waals surface area contributed by atoms with Crippen LogP contribution in [0.3, 0.4) is 0 Å². The van der Waals surface area contributed by atoms with Crippen molar-refractivity contribution in [3.8, 4) is 5.75 Å². The Bertz CT molecular complexity index is 673. The molecule has 0 unspecified atom stereocenters. The Labute approximate surface area is 142 Å². The van der Waals surface area contributed by atoms with Crippen LogP contribution >= 0.6 is 0 Å². The topological polar surface area (TPSA) is 84.6 Å². The quantitative estimate of drug-likeness (QED) is 0.616. The van der Waals surface area contributed by atoms with E-state index in [0.29, 0.717) is 26.1 Å². The number of carboxylic acids is 1. The van der Waals surface area contributed by atoms with Gasteiger partial charge in [-0.2, -0.15) is 0 Å². The summed E-state index contributed by atoms with van der Waals surface area (Å²) < 4.78 is 5.94. The summed E-state index contributed by atoms with van der Waals surface area (Å²) in [7, 11) is 0. The van der Waals surface area contributed by atoms with Crippen LogP contribution in [0.5, 0.6) is 5.75 Å². The summed E-state index contributed by atoms with van der Waals surface area (Å²) in [5.41, 5.74) is 8.86. The van der Waals surface area contributed by atoms with Gasteiger partial charge in [-0.1, -0.05) is 48.0 Å². The summed E-state index contributed by atoms with van der Waals surface area (Å²) in [6.07, 6.45) is 0.391. The number of para-hydroxylation sites is 1. The highest BCUT2D eigenvalue weighted by Crippen LogP contribution is 2.19. The molecule has 0 aliphatic rings. The van der Waals surface area contributed by atoms with Crippen molar-refractivity contribution in [3.63, 3.8) is 0 Å². The van der Waals surface area contributed by atoms with Crippen molar-refractivity contribution in [2.75, 3.05) is 6.54 Å². The number of carboxylic acid groups (broad SMARTS) is 1. The van der Waals surface area contributed by atoms with Crippen molar-refractivity contribution >= 4 is 5.97 Å². The molecule has 128 valence electrons. The van der Waals surface area contributed by atoms with Crippen LogP contribution in [0, 0.1) is 6.92 Å². The largest absolute Gasteiger partial charge is 0.489 e. The van der Waals surface area contributed by atoms with Gasteiger partial charge in [-0.05, 0) is 31.5 Å². The summed E-state index contributed by atoms with van der Waals surface area (Å²) in [6.45, 7) is 3.72. The Hall–Kier alpha value is -2.37. The molecule has 0 amide bonds. The van der Waals surface area contributed by atoms with Crippen LogP contribution in [0.25, 0.3) is 0 Å². The Morgan fingerprint density at radius 3 is 2.79 bits per heavy atom. The molecule has 0 saturated carbocycles. The number of carbonyl (C=O) groups is 1. The predicted molar refractivity (Wildman–Crippen MR) is 93.9 cm³/mol. The maximum absolute atomic E-state index is 10.7. The van der Waals surface area contributed by atoms with Crippen molar-refractivity contribution in [3.05, 3.63) is 65.2 Å². The molecule has 1 atom stereocenters. The average molecular weight is 328 g/mol. The van der Waals surface area contributed by atoms with Gasteiger partial charge in [0.05, 0.1) is 0 Å². The zero-order chi connectivity index (χ0) is 17.4. The third kappa shape index (κ3) is 5.68. The van der Waals surface area contributed by atoms with E-state index < -0.39 is 12.0 Å². The predicted octanol–water partition coefficient (Wildman–Crippen LogP) is 2.47. The molecule has 0 heterocycles. The molecule has 5 heteroatoms. The lowest BCUT2D eigenvalue weighted by atomic mass is 10.1. The van der Waals surface area contributed by atoms with E-state index in [2.05, 4.69) is 24.4 Å². The summed E-state index contributed by atoms with van der Waals surface area (Å²) in [6, 6.07) is 15.2. The number of benzene rings is 2. The fourth-order valence-corrected chi connectivity index (χ4v) is 2.36. The van der Waals surface area contributed by atoms with Crippen LogP contribution in [0.2, 0.25) is 0 Å². The highest BCUT2D eigenvalue weighted by Gasteiger charge is 2.10. The summed E-state index contributed by atoms with van der Waals surface area (Å²) >= 11 is 0. The second-order valence-electron chi connectivity index (χ2n) is 5.80. The van der Waals surface area contributed by atoms with Gasteiger partial charge in [0.15, 0.2) is 0 Å². The average Bonchev–Trinajstić information content (AvgIpc) is 2.57. The number of nitrogens with one attached hydrogen (secondary N) is 1. The first-order valence-corrected chi connectivity index (χ1v) is 8.01. The van der Waals surface area contributed by atoms with Gasteiger partial charge >= 0.3 is 5.97 Å². The van der Waals surface area contributed by atoms with Gasteiger partial charge in [0.2, 0.25) is 0 Å². The van der Waals surface area contributed by atoms with Crippen LogP contribution in [0.1, 0.15) is 23.1 Å². The molecule has 4 N–H and O–H groups in total. The molecule has 24 heavy (non-hydrogen) atoms. The molecule has 0 aliphatic carbocycles. The number of rotatable bonds is 9. The van der Waals surface area contributed by atoms with Crippen LogP contribution in [0.15, 0.2) is 48.5 Å². The third-order valence-corrected chi connectivity index (χ3v) is 3.71. The van der Waals surface area contributed by atoms with Crippen molar-refractivity contribution < 1.29 is 14.6 Å². The van der Waals surface area contributed by atoms with Crippen LogP contribution in [-0.4, -0.2) is 23.7 Å². The lowest BCUT2D eigenvalue weighted by Gasteiger charge is -2.13. The summed E-state index contributed by atoms with van der Waals surface area (Å²) in [5, 5.41) is 12.0. The van der Waals surface area contributed by atoms with Crippen molar-refractivity contribution in [1.82, 2.24) is 5.32 Å². The van der Waals surface area contributed by atoms with E-state index in [9.17, 15) is 4.79 Å². The minimum Gasteiger partial charge on any atom is -0.489 e. The summed E-state index contributed by atoms with van der Waals surface area (Å²) in [4.78, 5) is 10.7.